The topological polar surface area (TPSA) is 77.5 Å². The molecule has 1 aromatic heterocycles. The fourth-order valence-electron chi connectivity index (χ4n) is 3.55. The second-order valence-electron chi connectivity index (χ2n) is 7.29. The molecule has 1 N–H and O–H groups in total. The van der Waals surface area contributed by atoms with Crippen LogP contribution in [0.2, 0.25) is 0 Å². The van der Waals surface area contributed by atoms with E-state index in [1.807, 2.05) is 43.3 Å². The molecule has 0 unspecified atom stereocenters. The van der Waals surface area contributed by atoms with Crippen LogP contribution in [0.25, 0.3) is 21.7 Å². The molecule has 32 heavy (non-hydrogen) atoms. The van der Waals surface area contributed by atoms with Gasteiger partial charge in [-0.25, -0.2) is 9.59 Å². The van der Waals surface area contributed by atoms with E-state index >= 15 is 0 Å². The zero-order valence-corrected chi connectivity index (χ0v) is 18.1. The summed E-state index contributed by atoms with van der Waals surface area (Å²) in [7, 11) is 0. The van der Waals surface area contributed by atoms with Crippen molar-refractivity contribution in [3.8, 4) is 0 Å². The molecule has 1 heterocycles. The number of ether oxygens (including phenoxy) is 2. The van der Waals surface area contributed by atoms with E-state index in [4.69, 9.17) is 9.47 Å². The molecule has 0 spiro atoms. The Morgan fingerprint density at radius 1 is 0.875 bits per heavy atom. The number of nitrogens with one attached hydrogen (secondary N) is 1. The summed E-state index contributed by atoms with van der Waals surface area (Å²) in [4.78, 5) is 29.3. The number of carbonyl (C=O) groups excluding carboxylic acids is 2. The Morgan fingerprint density at radius 2 is 1.66 bits per heavy atom. The van der Waals surface area contributed by atoms with Gasteiger partial charge < -0.3 is 14.8 Å². The Bertz CT molecular complexity index is 1280. The molecule has 0 atom stereocenters. The first kappa shape index (κ1) is 21.3. The molecule has 0 saturated heterocycles. The first-order chi connectivity index (χ1) is 15.6. The van der Waals surface area contributed by atoms with Gasteiger partial charge in [-0.2, -0.15) is 0 Å². The van der Waals surface area contributed by atoms with Crippen LogP contribution in [0.15, 0.2) is 66.9 Å². The molecule has 0 saturated carbocycles. The van der Waals surface area contributed by atoms with Crippen molar-refractivity contribution < 1.29 is 19.1 Å². The third kappa shape index (κ3) is 4.25. The van der Waals surface area contributed by atoms with Gasteiger partial charge >= 0.3 is 11.9 Å². The summed E-state index contributed by atoms with van der Waals surface area (Å²) < 4.78 is 10.4. The van der Waals surface area contributed by atoms with Crippen LogP contribution in [0, 0.1) is 0 Å². The normalized spacial score (nSPS) is 10.8. The zero-order chi connectivity index (χ0) is 22.5. The van der Waals surface area contributed by atoms with Crippen molar-refractivity contribution in [1.29, 1.82) is 0 Å². The van der Waals surface area contributed by atoms with Crippen molar-refractivity contribution >= 4 is 45.0 Å². The van der Waals surface area contributed by atoms with Gasteiger partial charge in [0.05, 0.1) is 30.0 Å². The highest BCUT2D eigenvalue weighted by Gasteiger charge is 2.18. The smallest absolute Gasteiger partial charge is 0.341 e. The number of aromatic nitrogens is 1. The van der Waals surface area contributed by atoms with Crippen LogP contribution in [0.3, 0.4) is 0 Å². The quantitative estimate of drug-likeness (QED) is 0.293. The summed E-state index contributed by atoms with van der Waals surface area (Å²) in [5.41, 5.74) is 2.95. The minimum Gasteiger partial charge on any atom is -0.462 e. The van der Waals surface area contributed by atoms with Crippen molar-refractivity contribution in [2.75, 3.05) is 18.5 Å². The summed E-state index contributed by atoms with van der Waals surface area (Å²) in [6.07, 6.45) is 2.32. The van der Waals surface area contributed by atoms with E-state index in [0.717, 1.165) is 33.8 Å². The summed E-state index contributed by atoms with van der Waals surface area (Å²) in [6.45, 7) is 4.37. The van der Waals surface area contributed by atoms with Crippen LogP contribution in [0.5, 0.6) is 0 Å². The van der Waals surface area contributed by atoms with Crippen LogP contribution in [0.4, 0.5) is 11.4 Å². The first-order valence-corrected chi connectivity index (χ1v) is 10.6. The van der Waals surface area contributed by atoms with Gasteiger partial charge in [0.2, 0.25) is 0 Å². The number of fused-ring (bicyclic) bond motifs is 3. The molecule has 4 rings (SSSR count). The molecule has 0 radical (unpaired) electrons. The van der Waals surface area contributed by atoms with Crippen LogP contribution in [-0.2, 0) is 9.47 Å². The number of rotatable bonds is 7. The van der Waals surface area contributed by atoms with Gasteiger partial charge in [-0.3, -0.25) is 4.98 Å². The Morgan fingerprint density at radius 3 is 2.41 bits per heavy atom. The van der Waals surface area contributed by atoms with Crippen molar-refractivity contribution in [3.63, 3.8) is 0 Å². The number of nitrogens with zero attached hydrogens (tertiary/aromatic N) is 1. The first-order valence-electron chi connectivity index (χ1n) is 10.6. The highest BCUT2D eigenvalue weighted by atomic mass is 16.5. The molecule has 0 aliphatic heterocycles. The lowest BCUT2D eigenvalue weighted by Crippen LogP contribution is -2.09. The minimum atomic E-state index is -0.447. The number of pyridine rings is 1. The maximum absolute atomic E-state index is 12.6. The molecule has 0 bridgehead atoms. The average molecular weight is 428 g/mol. The number of hydrogen-bond donors (Lipinski definition) is 1. The van der Waals surface area contributed by atoms with Crippen LogP contribution >= 0.6 is 0 Å². The second kappa shape index (κ2) is 9.47. The van der Waals surface area contributed by atoms with Crippen LogP contribution < -0.4 is 5.32 Å². The van der Waals surface area contributed by atoms with E-state index in [0.29, 0.717) is 23.4 Å². The maximum atomic E-state index is 12.6. The molecule has 0 fully saturated rings. The molecule has 6 heteroatoms. The summed E-state index contributed by atoms with van der Waals surface area (Å²) in [6, 6.07) is 18.9. The van der Waals surface area contributed by atoms with E-state index < -0.39 is 5.97 Å². The zero-order valence-electron chi connectivity index (χ0n) is 18.1. The number of esters is 2. The minimum absolute atomic E-state index is 0.266. The van der Waals surface area contributed by atoms with Crippen molar-refractivity contribution in [2.45, 2.75) is 20.3 Å². The number of carbonyl (C=O) groups is 2. The number of anilines is 2. The van der Waals surface area contributed by atoms with E-state index in [1.165, 1.54) is 0 Å². The Hall–Kier alpha value is -3.93. The lowest BCUT2D eigenvalue weighted by Gasteiger charge is -2.15. The van der Waals surface area contributed by atoms with Gasteiger partial charge in [0, 0.05) is 22.7 Å². The van der Waals surface area contributed by atoms with Gasteiger partial charge in [-0.05, 0) is 43.0 Å². The number of hydrogen-bond acceptors (Lipinski definition) is 6. The largest absolute Gasteiger partial charge is 0.462 e. The third-order valence-electron chi connectivity index (χ3n) is 5.08. The van der Waals surface area contributed by atoms with Gasteiger partial charge in [-0.15, -0.1) is 0 Å². The fraction of sp³-hybridized carbons (Fsp3) is 0.192. The van der Waals surface area contributed by atoms with Crippen LogP contribution in [-0.4, -0.2) is 30.1 Å². The van der Waals surface area contributed by atoms with E-state index in [2.05, 4.69) is 10.3 Å². The summed E-state index contributed by atoms with van der Waals surface area (Å²) in [5.74, 6) is -0.802. The van der Waals surface area contributed by atoms with E-state index in [-0.39, 0.29) is 12.6 Å². The predicted octanol–water partition coefficient (Wildman–Crippen LogP) is 5.88. The standard InChI is InChI=1S/C26H24N2O4/c1-3-15-32-25(29)18-9-12-19(13-10-18)28-24-21-14-11-17-7-5-6-8-20(17)23(21)27-16-22(24)26(30)31-4-2/h5-14,16H,3-4,15H2,1-2H3,(H,27,28). The molecular formula is C26H24N2O4. The molecule has 6 nitrogen and oxygen atoms in total. The van der Waals surface area contributed by atoms with Gasteiger partial charge in [0.25, 0.3) is 0 Å². The molecule has 0 aliphatic carbocycles. The second-order valence-corrected chi connectivity index (χ2v) is 7.29. The van der Waals surface area contributed by atoms with E-state index in [1.54, 1.807) is 37.4 Å². The Labute approximate surface area is 186 Å². The van der Waals surface area contributed by atoms with Crippen molar-refractivity contribution in [3.05, 3.63) is 78.0 Å². The lowest BCUT2D eigenvalue weighted by molar-refractivity contribution is 0.0501. The molecule has 162 valence electrons. The highest BCUT2D eigenvalue weighted by Crippen LogP contribution is 2.33. The fourth-order valence-corrected chi connectivity index (χ4v) is 3.55. The summed E-state index contributed by atoms with van der Waals surface area (Å²) >= 11 is 0. The van der Waals surface area contributed by atoms with Gasteiger partial charge in [0.1, 0.15) is 5.56 Å². The lowest BCUT2D eigenvalue weighted by atomic mass is 10.0. The SMILES string of the molecule is CCCOC(=O)c1ccc(Nc2c(C(=O)OCC)cnc3c2ccc2ccccc23)cc1. The monoisotopic (exact) mass is 428 g/mol. The van der Waals surface area contributed by atoms with Gasteiger partial charge in [0.15, 0.2) is 0 Å². The van der Waals surface area contributed by atoms with Crippen molar-refractivity contribution in [2.24, 2.45) is 0 Å². The molecule has 3 aromatic carbocycles. The number of benzene rings is 3. The Kier molecular flexibility index (Phi) is 6.31. The molecule has 0 aliphatic rings. The average Bonchev–Trinajstić information content (AvgIpc) is 2.83. The predicted molar refractivity (Wildman–Crippen MR) is 126 cm³/mol. The molecular weight excluding hydrogens is 404 g/mol. The molecule has 4 aromatic rings. The Balaban J connectivity index is 1.77. The van der Waals surface area contributed by atoms with Gasteiger partial charge in [-0.1, -0.05) is 43.3 Å². The highest BCUT2D eigenvalue weighted by molar-refractivity contribution is 6.13. The molecule has 0 amide bonds. The third-order valence-corrected chi connectivity index (χ3v) is 5.08. The van der Waals surface area contributed by atoms with Crippen molar-refractivity contribution in [1.82, 2.24) is 4.98 Å². The summed E-state index contributed by atoms with van der Waals surface area (Å²) in [5, 5.41) is 6.21. The van der Waals surface area contributed by atoms with Crippen LogP contribution in [0.1, 0.15) is 41.0 Å². The van der Waals surface area contributed by atoms with E-state index in [9.17, 15) is 9.59 Å². The maximum Gasteiger partial charge on any atom is 0.341 e.